The van der Waals surface area contributed by atoms with Crippen molar-refractivity contribution in [1.82, 2.24) is 29.7 Å². The molecule has 0 bridgehead atoms. The molecule has 6 rings (SSSR count). The van der Waals surface area contributed by atoms with Crippen molar-refractivity contribution < 1.29 is 14.4 Å². The van der Waals surface area contributed by atoms with Crippen molar-refractivity contribution in [3.05, 3.63) is 94.3 Å². The van der Waals surface area contributed by atoms with Gasteiger partial charge < -0.3 is 22.1 Å². The van der Waals surface area contributed by atoms with Gasteiger partial charge in [0.2, 0.25) is 11.9 Å². The Kier molecular flexibility index (Phi) is 11.2. The van der Waals surface area contributed by atoms with Crippen molar-refractivity contribution in [1.29, 1.82) is 0 Å². The van der Waals surface area contributed by atoms with Crippen LogP contribution >= 0.6 is 0 Å². The highest BCUT2D eigenvalue weighted by molar-refractivity contribution is 6.12. The number of ketones is 3. The van der Waals surface area contributed by atoms with Crippen LogP contribution in [0.1, 0.15) is 82.5 Å². The number of hydrogen-bond acceptors (Lipinski definition) is 13. The monoisotopic (exact) mass is 704 g/mol. The zero-order chi connectivity index (χ0) is 36.9. The predicted octanol–water partition coefficient (Wildman–Crippen LogP) is 4.31. The lowest BCUT2D eigenvalue weighted by Gasteiger charge is -2.40. The molecule has 4 aromatic rings. The van der Waals surface area contributed by atoms with Crippen molar-refractivity contribution in [2.45, 2.75) is 77.5 Å². The molecule has 2 saturated heterocycles. The molecule has 13 nitrogen and oxygen atoms in total. The number of nitrogen functional groups attached to an aromatic ring is 2. The van der Waals surface area contributed by atoms with E-state index in [0.29, 0.717) is 23.0 Å². The minimum atomic E-state index is -0.207. The lowest BCUT2D eigenvalue weighted by Crippen LogP contribution is -2.54. The third-order valence-corrected chi connectivity index (χ3v) is 10.4. The van der Waals surface area contributed by atoms with E-state index >= 15 is 0 Å². The molecule has 272 valence electrons. The summed E-state index contributed by atoms with van der Waals surface area (Å²) in [4.78, 5) is 61.5. The molecule has 4 heterocycles. The second kappa shape index (κ2) is 16.0. The standard InChI is InChI=1S/C39H48N10O3/c1-23-5-9-27(10-6-23)34(51)31-21-42-38(46-36(31)40)44-29-13-17-48(18-14-29)25(3)33(50)26(4)49-19-15-30(16-20-49)45-39-43-22-32(37(41)47-39)35(52)28-11-7-24(2)8-12-28/h5-12,21-22,25-26,29-30H,13-20H2,1-4H3,(H3,40,42,44,46)(H3,41,43,45,47). The fourth-order valence-corrected chi connectivity index (χ4v) is 6.94. The van der Waals surface area contributed by atoms with E-state index in [1.54, 1.807) is 24.3 Å². The van der Waals surface area contributed by atoms with E-state index < -0.39 is 0 Å². The van der Waals surface area contributed by atoms with Crippen LogP contribution < -0.4 is 22.1 Å². The van der Waals surface area contributed by atoms with Gasteiger partial charge in [-0.05, 0) is 53.4 Å². The van der Waals surface area contributed by atoms with Crippen LogP contribution in [0.25, 0.3) is 0 Å². The van der Waals surface area contributed by atoms with Gasteiger partial charge in [0.15, 0.2) is 17.3 Å². The molecule has 2 unspecified atom stereocenters. The van der Waals surface area contributed by atoms with Crippen LogP contribution in [0.2, 0.25) is 0 Å². The Bertz CT molecular complexity index is 1760. The summed E-state index contributed by atoms with van der Waals surface area (Å²) in [6.07, 6.45) is 6.27. The number of Topliss-reactive ketones (excluding diaryl/α,β-unsaturated/α-hetero) is 1. The number of nitrogens with zero attached hydrogens (tertiary/aromatic N) is 6. The number of nitrogens with one attached hydrogen (secondary N) is 2. The van der Waals surface area contributed by atoms with Gasteiger partial charge in [-0.3, -0.25) is 24.2 Å². The average molecular weight is 705 g/mol. The molecule has 52 heavy (non-hydrogen) atoms. The van der Waals surface area contributed by atoms with Crippen molar-refractivity contribution in [3.8, 4) is 0 Å². The van der Waals surface area contributed by atoms with Crippen LogP contribution in [0, 0.1) is 13.8 Å². The van der Waals surface area contributed by atoms with Crippen LogP contribution in [0.15, 0.2) is 60.9 Å². The summed E-state index contributed by atoms with van der Waals surface area (Å²) in [6, 6.07) is 14.5. The highest BCUT2D eigenvalue weighted by atomic mass is 16.1. The van der Waals surface area contributed by atoms with Gasteiger partial charge in [-0.15, -0.1) is 0 Å². The molecule has 0 amide bonds. The maximum atomic E-state index is 13.6. The molecule has 6 N–H and O–H groups in total. The van der Waals surface area contributed by atoms with E-state index in [0.717, 1.165) is 63.0 Å². The highest BCUT2D eigenvalue weighted by Crippen LogP contribution is 2.23. The average Bonchev–Trinajstić information content (AvgIpc) is 3.15. The van der Waals surface area contributed by atoms with Crippen LogP contribution in [0.5, 0.6) is 0 Å². The third kappa shape index (κ3) is 8.43. The predicted molar refractivity (Wildman–Crippen MR) is 202 cm³/mol. The fourth-order valence-electron chi connectivity index (χ4n) is 6.94. The number of aryl methyl sites for hydroxylation is 2. The van der Waals surface area contributed by atoms with Crippen LogP contribution in [0.3, 0.4) is 0 Å². The number of benzene rings is 2. The Labute approximate surface area is 304 Å². The van der Waals surface area contributed by atoms with Gasteiger partial charge in [0.1, 0.15) is 11.6 Å². The van der Waals surface area contributed by atoms with Crippen molar-refractivity contribution in [2.24, 2.45) is 0 Å². The van der Waals surface area contributed by atoms with Gasteiger partial charge in [-0.25, -0.2) is 9.97 Å². The van der Waals surface area contributed by atoms with Crippen LogP contribution in [-0.4, -0.2) is 97.4 Å². The first-order valence-electron chi connectivity index (χ1n) is 18.0. The third-order valence-electron chi connectivity index (χ3n) is 10.4. The zero-order valence-corrected chi connectivity index (χ0v) is 30.3. The molecular formula is C39H48N10O3. The zero-order valence-electron chi connectivity index (χ0n) is 30.3. The summed E-state index contributed by atoms with van der Waals surface area (Å²) in [5, 5.41) is 6.74. The lowest BCUT2D eigenvalue weighted by molar-refractivity contribution is -0.129. The lowest BCUT2D eigenvalue weighted by atomic mass is 9.97. The summed E-state index contributed by atoms with van der Waals surface area (Å²) in [7, 11) is 0. The molecule has 2 aliphatic heterocycles. The van der Waals surface area contributed by atoms with E-state index in [-0.39, 0.29) is 64.3 Å². The molecule has 2 aliphatic rings. The number of anilines is 4. The number of piperidine rings is 2. The van der Waals surface area contributed by atoms with Gasteiger partial charge in [-0.2, -0.15) is 9.97 Å². The summed E-state index contributed by atoms with van der Waals surface area (Å²) in [5.41, 5.74) is 16.1. The van der Waals surface area contributed by atoms with E-state index in [2.05, 4.69) is 40.4 Å². The first-order valence-corrected chi connectivity index (χ1v) is 18.0. The molecule has 13 heteroatoms. The minimum absolute atomic E-state index is 0.129. The van der Waals surface area contributed by atoms with Gasteiger partial charge in [-0.1, -0.05) is 59.7 Å². The van der Waals surface area contributed by atoms with E-state index in [4.69, 9.17) is 11.5 Å². The molecule has 0 aliphatic carbocycles. The molecular weight excluding hydrogens is 656 g/mol. The van der Waals surface area contributed by atoms with Crippen LogP contribution in [-0.2, 0) is 4.79 Å². The van der Waals surface area contributed by atoms with Gasteiger partial charge in [0, 0.05) is 61.8 Å². The number of aromatic nitrogens is 4. The molecule has 0 saturated carbocycles. The minimum Gasteiger partial charge on any atom is -0.383 e. The first kappa shape index (κ1) is 36.5. The van der Waals surface area contributed by atoms with E-state index in [9.17, 15) is 14.4 Å². The Morgan fingerprint density at radius 3 is 1.31 bits per heavy atom. The van der Waals surface area contributed by atoms with Gasteiger partial charge in [0.25, 0.3) is 0 Å². The number of nitrogens with two attached hydrogens (primary N) is 2. The van der Waals surface area contributed by atoms with Gasteiger partial charge in [0.05, 0.1) is 23.2 Å². The van der Waals surface area contributed by atoms with E-state index in [1.165, 1.54) is 12.4 Å². The quantitative estimate of drug-likeness (QED) is 0.153. The molecule has 0 spiro atoms. The second-order valence-corrected chi connectivity index (χ2v) is 14.0. The Hall–Kier alpha value is -5.27. The maximum absolute atomic E-state index is 13.6. The SMILES string of the molecule is Cc1ccc(C(=O)c2cnc(NC3CCN(C(C)C(=O)C(C)N4CCC(Nc5ncc(C(=O)c6ccc(C)cc6)c(N)n5)CC4)CC3)nc2N)cc1. The topological polar surface area (TPSA) is 185 Å². The van der Waals surface area contributed by atoms with Gasteiger partial charge >= 0.3 is 0 Å². The normalized spacial score (nSPS) is 17.3. The molecule has 2 fully saturated rings. The Balaban J connectivity index is 0.942. The second-order valence-electron chi connectivity index (χ2n) is 14.0. The number of rotatable bonds is 12. The maximum Gasteiger partial charge on any atom is 0.224 e. The summed E-state index contributed by atoms with van der Waals surface area (Å²) in [6.45, 7) is 11.0. The summed E-state index contributed by atoms with van der Waals surface area (Å²) < 4.78 is 0. The summed E-state index contributed by atoms with van der Waals surface area (Å²) >= 11 is 0. The number of carbonyl (C=O) groups is 3. The number of carbonyl (C=O) groups excluding carboxylic acids is 3. The van der Waals surface area contributed by atoms with Crippen LogP contribution in [0.4, 0.5) is 23.5 Å². The molecule has 0 radical (unpaired) electrons. The Morgan fingerprint density at radius 1 is 0.635 bits per heavy atom. The fraction of sp³-hybridized carbons (Fsp3) is 0.410. The largest absolute Gasteiger partial charge is 0.383 e. The smallest absolute Gasteiger partial charge is 0.224 e. The summed E-state index contributed by atoms with van der Waals surface area (Å²) in [5.74, 6) is 0.885. The molecule has 2 aromatic heterocycles. The van der Waals surface area contributed by atoms with Crippen molar-refractivity contribution in [3.63, 3.8) is 0 Å². The highest BCUT2D eigenvalue weighted by Gasteiger charge is 2.33. The Morgan fingerprint density at radius 2 is 0.981 bits per heavy atom. The van der Waals surface area contributed by atoms with E-state index in [1.807, 2.05) is 52.0 Å². The first-order chi connectivity index (χ1) is 25.0. The van der Waals surface area contributed by atoms with Crippen molar-refractivity contribution >= 4 is 40.9 Å². The molecule has 2 aromatic carbocycles. The molecule has 2 atom stereocenters. The number of likely N-dealkylation sites (tertiary alicyclic amines) is 2. The number of hydrogen-bond donors (Lipinski definition) is 4. The van der Waals surface area contributed by atoms with Crippen molar-refractivity contribution in [2.75, 3.05) is 48.3 Å².